The minimum absolute atomic E-state index is 0.217. The molecule has 0 spiro atoms. The standard InChI is InChI=1S/C9H7ClO2S2/c10-7-1-2-9-6(3-7)4-8(5-13)14(9,11)12/h1-4,13H,5H2. The van der Waals surface area contributed by atoms with E-state index in [9.17, 15) is 8.42 Å². The van der Waals surface area contributed by atoms with Crippen LogP contribution in [0.5, 0.6) is 0 Å². The van der Waals surface area contributed by atoms with Crippen molar-refractivity contribution in [2.24, 2.45) is 0 Å². The predicted molar refractivity (Wildman–Crippen MR) is 60.5 cm³/mol. The number of rotatable bonds is 1. The number of thiol groups is 1. The Bertz CT molecular complexity index is 518. The van der Waals surface area contributed by atoms with Gasteiger partial charge in [-0.25, -0.2) is 8.42 Å². The first-order valence-corrected chi connectivity index (χ1v) is 6.41. The van der Waals surface area contributed by atoms with E-state index >= 15 is 0 Å². The van der Waals surface area contributed by atoms with Crippen molar-refractivity contribution in [3.8, 4) is 0 Å². The summed E-state index contributed by atoms with van der Waals surface area (Å²) in [6.45, 7) is 0. The lowest BCUT2D eigenvalue weighted by Crippen LogP contribution is -2.01. The van der Waals surface area contributed by atoms with E-state index in [0.29, 0.717) is 20.4 Å². The van der Waals surface area contributed by atoms with Crippen molar-refractivity contribution >= 4 is 40.1 Å². The Balaban J connectivity index is 2.71. The van der Waals surface area contributed by atoms with E-state index in [1.54, 1.807) is 18.2 Å². The third-order valence-electron chi connectivity index (χ3n) is 2.08. The second-order valence-electron chi connectivity index (χ2n) is 2.95. The molecule has 0 saturated heterocycles. The van der Waals surface area contributed by atoms with Gasteiger partial charge in [-0.2, -0.15) is 12.6 Å². The van der Waals surface area contributed by atoms with E-state index in [1.807, 2.05) is 0 Å². The van der Waals surface area contributed by atoms with Gasteiger partial charge in [-0.05, 0) is 29.8 Å². The summed E-state index contributed by atoms with van der Waals surface area (Å²) < 4.78 is 23.5. The van der Waals surface area contributed by atoms with Gasteiger partial charge < -0.3 is 0 Å². The Morgan fingerprint density at radius 2 is 2.07 bits per heavy atom. The highest BCUT2D eigenvalue weighted by Gasteiger charge is 2.28. The van der Waals surface area contributed by atoms with E-state index in [2.05, 4.69) is 12.6 Å². The summed E-state index contributed by atoms with van der Waals surface area (Å²) in [6.07, 6.45) is 1.61. The Kier molecular flexibility index (Phi) is 2.37. The molecule has 0 aliphatic carbocycles. The number of hydrogen-bond donors (Lipinski definition) is 1. The molecule has 2 nitrogen and oxygen atoms in total. The lowest BCUT2D eigenvalue weighted by Gasteiger charge is -2.00. The smallest absolute Gasteiger partial charge is 0.204 e. The van der Waals surface area contributed by atoms with Crippen molar-refractivity contribution in [2.45, 2.75) is 4.90 Å². The van der Waals surface area contributed by atoms with Crippen molar-refractivity contribution in [3.05, 3.63) is 33.7 Å². The van der Waals surface area contributed by atoms with Gasteiger partial charge in [-0.3, -0.25) is 0 Å². The number of sulfone groups is 1. The summed E-state index contributed by atoms with van der Waals surface area (Å²) in [6, 6.07) is 4.75. The molecular weight excluding hydrogens is 240 g/mol. The van der Waals surface area contributed by atoms with E-state index < -0.39 is 9.84 Å². The van der Waals surface area contributed by atoms with Gasteiger partial charge in [0.1, 0.15) is 0 Å². The minimum Gasteiger partial charge on any atom is -0.219 e. The second kappa shape index (κ2) is 3.29. The normalized spacial score (nSPS) is 17.7. The molecule has 2 rings (SSSR count). The third kappa shape index (κ3) is 1.38. The molecule has 0 amide bonds. The first kappa shape index (κ1) is 10.1. The summed E-state index contributed by atoms with van der Waals surface area (Å²) in [4.78, 5) is 0.657. The monoisotopic (exact) mass is 246 g/mol. The van der Waals surface area contributed by atoms with Crippen LogP contribution in [-0.2, 0) is 9.84 Å². The fourth-order valence-electron chi connectivity index (χ4n) is 1.40. The molecule has 5 heteroatoms. The van der Waals surface area contributed by atoms with E-state index in [4.69, 9.17) is 11.6 Å². The van der Waals surface area contributed by atoms with Crippen molar-refractivity contribution in [2.75, 3.05) is 5.75 Å². The highest BCUT2D eigenvalue weighted by molar-refractivity contribution is 7.97. The molecule has 0 radical (unpaired) electrons. The Hall–Kier alpha value is -0.450. The molecule has 1 heterocycles. The first-order valence-electron chi connectivity index (χ1n) is 3.92. The molecule has 0 aromatic heterocycles. The maximum absolute atomic E-state index is 11.8. The number of fused-ring (bicyclic) bond motifs is 1. The molecule has 1 aromatic carbocycles. The topological polar surface area (TPSA) is 34.1 Å². The quantitative estimate of drug-likeness (QED) is 0.773. The maximum Gasteiger partial charge on any atom is 0.204 e. The molecular formula is C9H7ClO2S2. The van der Waals surface area contributed by atoms with Crippen molar-refractivity contribution < 1.29 is 8.42 Å². The van der Waals surface area contributed by atoms with Crippen LogP contribution in [0.25, 0.3) is 6.08 Å². The molecule has 0 saturated carbocycles. The Labute approximate surface area is 92.9 Å². The van der Waals surface area contributed by atoms with Crippen LogP contribution in [0.1, 0.15) is 5.56 Å². The zero-order valence-electron chi connectivity index (χ0n) is 7.07. The van der Waals surface area contributed by atoms with Crippen LogP contribution in [0.3, 0.4) is 0 Å². The SMILES string of the molecule is O=S1(=O)C(CS)=Cc2cc(Cl)ccc21. The minimum atomic E-state index is -3.29. The third-order valence-corrected chi connectivity index (χ3v) is 4.77. The molecule has 14 heavy (non-hydrogen) atoms. The first-order chi connectivity index (χ1) is 6.55. The molecule has 1 aromatic rings. The Morgan fingerprint density at radius 3 is 2.71 bits per heavy atom. The fraction of sp³-hybridized carbons (Fsp3) is 0.111. The predicted octanol–water partition coefficient (Wildman–Crippen LogP) is 2.40. The summed E-state index contributed by atoms with van der Waals surface area (Å²) >= 11 is 9.74. The highest BCUT2D eigenvalue weighted by Crippen LogP contribution is 2.34. The lowest BCUT2D eigenvalue weighted by atomic mass is 10.2. The summed E-state index contributed by atoms with van der Waals surface area (Å²) in [7, 11) is -3.29. The largest absolute Gasteiger partial charge is 0.219 e. The van der Waals surface area contributed by atoms with E-state index in [0.717, 1.165) is 0 Å². The molecule has 74 valence electrons. The summed E-state index contributed by atoms with van der Waals surface area (Å²) in [5, 5.41) is 0.538. The number of halogens is 1. The average molecular weight is 247 g/mol. The zero-order chi connectivity index (χ0) is 10.3. The van der Waals surface area contributed by atoms with Gasteiger partial charge >= 0.3 is 0 Å². The average Bonchev–Trinajstić information content (AvgIpc) is 2.37. The van der Waals surface area contributed by atoms with Crippen molar-refractivity contribution in [3.63, 3.8) is 0 Å². The van der Waals surface area contributed by atoms with Crippen LogP contribution in [-0.4, -0.2) is 14.2 Å². The van der Waals surface area contributed by atoms with Gasteiger partial charge in [0.05, 0.1) is 9.80 Å². The van der Waals surface area contributed by atoms with E-state index in [-0.39, 0.29) is 5.75 Å². The van der Waals surface area contributed by atoms with Crippen LogP contribution in [0, 0.1) is 0 Å². The van der Waals surface area contributed by atoms with Gasteiger partial charge in [0.2, 0.25) is 9.84 Å². The molecule has 1 aliphatic heterocycles. The van der Waals surface area contributed by atoms with Gasteiger partial charge in [0, 0.05) is 10.8 Å². The van der Waals surface area contributed by atoms with Crippen molar-refractivity contribution in [1.29, 1.82) is 0 Å². The van der Waals surface area contributed by atoms with Crippen LogP contribution >= 0.6 is 24.2 Å². The molecule has 1 aliphatic rings. The highest BCUT2D eigenvalue weighted by atomic mass is 35.5. The number of benzene rings is 1. The van der Waals surface area contributed by atoms with Gasteiger partial charge in [-0.1, -0.05) is 11.6 Å². The van der Waals surface area contributed by atoms with Crippen LogP contribution in [0.2, 0.25) is 5.02 Å². The molecule has 0 N–H and O–H groups in total. The lowest BCUT2D eigenvalue weighted by molar-refractivity contribution is 0.603. The van der Waals surface area contributed by atoms with E-state index in [1.165, 1.54) is 6.07 Å². The molecule has 0 fully saturated rings. The van der Waals surface area contributed by atoms with Crippen LogP contribution in [0.4, 0.5) is 0 Å². The van der Waals surface area contributed by atoms with Gasteiger partial charge in [0.15, 0.2) is 0 Å². The zero-order valence-corrected chi connectivity index (χ0v) is 9.53. The maximum atomic E-state index is 11.8. The van der Waals surface area contributed by atoms with Crippen LogP contribution in [0.15, 0.2) is 28.0 Å². The van der Waals surface area contributed by atoms with Gasteiger partial charge in [0.25, 0.3) is 0 Å². The summed E-state index contributed by atoms with van der Waals surface area (Å²) in [5.41, 5.74) is 0.654. The second-order valence-corrected chi connectivity index (χ2v) is 5.68. The molecule has 0 bridgehead atoms. The molecule has 0 atom stereocenters. The number of hydrogen-bond acceptors (Lipinski definition) is 3. The van der Waals surface area contributed by atoms with Gasteiger partial charge in [-0.15, -0.1) is 0 Å². The fourth-order valence-corrected chi connectivity index (χ4v) is 3.59. The van der Waals surface area contributed by atoms with Crippen molar-refractivity contribution in [1.82, 2.24) is 0 Å². The Morgan fingerprint density at radius 1 is 1.36 bits per heavy atom. The van der Waals surface area contributed by atoms with Crippen LogP contribution < -0.4 is 0 Å². The summed E-state index contributed by atoms with van der Waals surface area (Å²) in [5.74, 6) is 0.217. The molecule has 0 unspecified atom stereocenters.